The number of nitrogens with one attached hydrogen (secondary N) is 1. The summed E-state index contributed by atoms with van der Waals surface area (Å²) in [6.07, 6.45) is 1.72. The standard InChI is InChI=1S/C20H26N4O3/c1-26-13-14-27-19-8-7-17(15-21-19)16-22-20(25)24-11-9-23(10-12-24)18-5-3-2-4-6-18/h2-8,15H,9-14,16H2,1H3,(H,22,25). The number of nitrogens with zero attached hydrogens (tertiary/aromatic N) is 3. The molecular formula is C20H26N4O3. The quantitative estimate of drug-likeness (QED) is 0.757. The van der Waals surface area contributed by atoms with Gasteiger partial charge < -0.3 is 24.6 Å². The van der Waals surface area contributed by atoms with E-state index in [0.29, 0.717) is 38.7 Å². The van der Waals surface area contributed by atoms with Gasteiger partial charge in [-0.1, -0.05) is 24.3 Å². The number of ether oxygens (including phenoxy) is 2. The molecule has 0 saturated carbocycles. The van der Waals surface area contributed by atoms with Crippen LogP contribution in [-0.4, -0.2) is 62.4 Å². The topological polar surface area (TPSA) is 66.9 Å². The number of hydrogen-bond acceptors (Lipinski definition) is 5. The van der Waals surface area contributed by atoms with Gasteiger partial charge in [-0.2, -0.15) is 0 Å². The summed E-state index contributed by atoms with van der Waals surface area (Å²) in [5.74, 6) is 0.555. The highest BCUT2D eigenvalue weighted by molar-refractivity contribution is 5.74. The fraction of sp³-hybridized carbons (Fsp3) is 0.400. The Kier molecular flexibility index (Phi) is 6.87. The molecule has 2 amide bonds. The van der Waals surface area contributed by atoms with Crippen LogP contribution in [0.2, 0.25) is 0 Å². The third-order valence-corrected chi connectivity index (χ3v) is 4.47. The molecule has 2 aromatic rings. The lowest BCUT2D eigenvalue weighted by atomic mass is 10.2. The number of amides is 2. The van der Waals surface area contributed by atoms with Crippen molar-refractivity contribution in [3.05, 3.63) is 54.2 Å². The van der Waals surface area contributed by atoms with Gasteiger partial charge in [0.25, 0.3) is 0 Å². The van der Waals surface area contributed by atoms with Crippen LogP contribution in [0, 0.1) is 0 Å². The summed E-state index contributed by atoms with van der Waals surface area (Å²) in [7, 11) is 1.63. The van der Waals surface area contributed by atoms with E-state index in [0.717, 1.165) is 18.7 Å². The Balaban J connectivity index is 1.41. The van der Waals surface area contributed by atoms with E-state index in [1.54, 1.807) is 19.4 Å². The largest absolute Gasteiger partial charge is 0.475 e. The molecule has 3 rings (SSSR count). The Morgan fingerprint density at radius 3 is 2.52 bits per heavy atom. The number of rotatable bonds is 7. The van der Waals surface area contributed by atoms with Crippen LogP contribution < -0.4 is 15.0 Å². The minimum Gasteiger partial charge on any atom is -0.475 e. The van der Waals surface area contributed by atoms with Crippen molar-refractivity contribution < 1.29 is 14.3 Å². The van der Waals surface area contributed by atoms with E-state index in [2.05, 4.69) is 27.3 Å². The van der Waals surface area contributed by atoms with Crippen molar-refractivity contribution in [1.29, 1.82) is 0 Å². The third-order valence-electron chi connectivity index (χ3n) is 4.47. The van der Waals surface area contributed by atoms with Crippen LogP contribution in [0.1, 0.15) is 5.56 Å². The molecule has 1 fully saturated rings. The summed E-state index contributed by atoms with van der Waals surface area (Å²) in [6.45, 7) is 4.55. The maximum Gasteiger partial charge on any atom is 0.317 e. The molecule has 0 unspecified atom stereocenters. The number of para-hydroxylation sites is 1. The lowest BCUT2D eigenvalue weighted by Crippen LogP contribution is -2.51. The average Bonchev–Trinajstić information content (AvgIpc) is 2.74. The highest BCUT2D eigenvalue weighted by Gasteiger charge is 2.20. The number of aromatic nitrogens is 1. The van der Waals surface area contributed by atoms with Gasteiger partial charge in [0.1, 0.15) is 6.61 Å². The summed E-state index contributed by atoms with van der Waals surface area (Å²) >= 11 is 0. The van der Waals surface area contributed by atoms with E-state index in [1.807, 2.05) is 29.2 Å². The van der Waals surface area contributed by atoms with Gasteiger partial charge in [0.15, 0.2) is 0 Å². The molecule has 0 aliphatic carbocycles. The van der Waals surface area contributed by atoms with Crippen molar-refractivity contribution in [1.82, 2.24) is 15.2 Å². The molecule has 0 bridgehead atoms. The number of carbonyl (C=O) groups is 1. The third kappa shape index (κ3) is 5.59. The number of urea groups is 1. The molecule has 1 aromatic heterocycles. The van der Waals surface area contributed by atoms with Gasteiger partial charge in [-0.05, 0) is 17.7 Å². The molecule has 144 valence electrons. The van der Waals surface area contributed by atoms with Crippen LogP contribution in [-0.2, 0) is 11.3 Å². The molecule has 1 aliphatic heterocycles. The van der Waals surface area contributed by atoms with Gasteiger partial charge in [-0.3, -0.25) is 0 Å². The van der Waals surface area contributed by atoms with Gasteiger partial charge in [0.2, 0.25) is 5.88 Å². The van der Waals surface area contributed by atoms with Crippen LogP contribution in [0.15, 0.2) is 48.7 Å². The van der Waals surface area contributed by atoms with E-state index >= 15 is 0 Å². The fourth-order valence-corrected chi connectivity index (χ4v) is 2.93. The van der Waals surface area contributed by atoms with Gasteiger partial charge in [0.05, 0.1) is 6.61 Å². The Morgan fingerprint density at radius 1 is 1.07 bits per heavy atom. The van der Waals surface area contributed by atoms with Crippen LogP contribution >= 0.6 is 0 Å². The molecule has 1 aliphatic rings. The van der Waals surface area contributed by atoms with Crippen LogP contribution in [0.5, 0.6) is 5.88 Å². The molecule has 7 nitrogen and oxygen atoms in total. The van der Waals surface area contributed by atoms with Crippen molar-refractivity contribution in [3.63, 3.8) is 0 Å². The average molecular weight is 370 g/mol. The monoisotopic (exact) mass is 370 g/mol. The highest BCUT2D eigenvalue weighted by atomic mass is 16.5. The first-order chi connectivity index (χ1) is 13.3. The summed E-state index contributed by atoms with van der Waals surface area (Å²) in [6, 6.07) is 14.0. The van der Waals surface area contributed by atoms with Gasteiger partial charge in [-0.25, -0.2) is 9.78 Å². The Labute approximate surface area is 159 Å². The summed E-state index contributed by atoms with van der Waals surface area (Å²) in [4.78, 5) is 20.8. The van der Waals surface area contributed by atoms with Crippen molar-refractivity contribution >= 4 is 11.7 Å². The van der Waals surface area contributed by atoms with Gasteiger partial charge in [-0.15, -0.1) is 0 Å². The minimum absolute atomic E-state index is 0.0388. The molecule has 1 aromatic carbocycles. The van der Waals surface area contributed by atoms with E-state index in [9.17, 15) is 4.79 Å². The molecule has 0 radical (unpaired) electrons. The minimum atomic E-state index is -0.0388. The van der Waals surface area contributed by atoms with E-state index in [-0.39, 0.29) is 6.03 Å². The first-order valence-electron chi connectivity index (χ1n) is 9.15. The van der Waals surface area contributed by atoms with Crippen LogP contribution in [0.3, 0.4) is 0 Å². The van der Waals surface area contributed by atoms with E-state index in [4.69, 9.17) is 9.47 Å². The zero-order valence-electron chi connectivity index (χ0n) is 15.6. The number of methoxy groups -OCH3 is 1. The van der Waals surface area contributed by atoms with Crippen molar-refractivity contribution in [2.24, 2.45) is 0 Å². The van der Waals surface area contributed by atoms with Crippen LogP contribution in [0.25, 0.3) is 0 Å². The smallest absolute Gasteiger partial charge is 0.317 e. The lowest BCUT2D eigenvalue weighted by Gasteiger charge is -2.36. The van der Waals surface area contributed by atoms with Crippen molar-refractivity contribution in [2.45, 2.75) is 6.54 Å². The Hall–Kier alpha value is -2.80. The van der Waals surface area contributed by atoms with Gasteiger partial charge >= 0.3 is 6.03 Å². The molecule has 1 N–H and O–H groups in total. The SMILES string of the molecule is COCCOc1ccc(CNC(=O)N2CCN(c3ccccc3)CC2)cn1. The maximum absolute atomic E-state index is 12.4. The number of hydrogen-bond donors (Lipinski definition) is 1. The number of carbonyl (C=O) groups excluding carboxylic acids is 1. The number of piperazine rings is 1. The summed E-state index contributed by atoms with van der Waals surface area (Å²) in [5.41, 5.74) is 2.14. The molecular weight excluding hydrogens is 344 g/mol. The predicted octanol–water partition coefficient (Wildman–Crippen LogP) is 2.14. The van der Waals surface area contributed by atoms with E-state index in [1.165, 1.54) is 5.69 Å². The molecule has 27 heavy (non-hydrogen) atoms. The molecule has 7 heteroatoms. The number of benzene rings is 1. The lowest BCUT2D eigenvalue weighted by molar-refractivity contribution is 0.143. The highest BCUT2D eigenvalue weighted by Crippen LogP contribution is 2.15. The summed E-state index contributed by atoms with van der Waals surface area (Å²) < 4.78 is 10.4. The van der Waals surface area contributed by atoms with E-state index < -0.39 is 0 Å². The first-order valence-corrected chi connectivity index (χ1v) is 9.15. The zero-order chi connectivity index (χ0) is 18.9. The van der Waals surface area contributed by atoms with Crippen molar-refractivity contribution in [3.8, 4) is 5.88 Å². The van der Waals surface area contributed by atoms with Crippen molar-refractivity contribution in [2.75, 3.05) is 51.4 Å². The number of pyridine rings is 1. The molecule has 0 spiro atoms. The predicted molar refractivity (Wildman–Crippen MR) is 104 cm³/mol. The second-order valence-electron chi connectivity index (χ2n) is 6.31. The summed E-state index contributed by atoms with van der Waals surface area (Å²) in [5, 5.41) is 2.96. The zero-order valence-corrected chi connectivity index (χ0v) is 15.6. The first kappa shape index (κ1) is 19.0. The maximum atomic E-state index is 12.4. The normalized spacial score (nSPS) is 14.1. The number of anilines is 1. The second-order valence-corrected chi connectivity index (χ2v) is 6.31. The van der Waals surface area contributed by atoms with Crippen LogP contribution in [0.4, 0.5) is 10.5 Å². The Morgan fingerprint density at radius 2 is 1.85 bits per heavy atom. The molecule has 1 saturated heterocycles. The van der Waals surface area contributed by atoms with Gasteiger partial charge in [0, 0.05) is 57.8 Å². The Bertz CT molecular complexity index is 701. The molecule has 2 heterocycles. The fourth-order valence-electron chi connectivity index (χ4n) is 2.93. The molecule has 0 atom stereocenters. The second kappa shape index (κ2) is 9.78.